The molecule has 0 radical (unpaired) electrons. The van der Waals surface area contributed by atoms with Gasteiger partial charge in [-0.3, -0.25) is 0 Å². The zero-order chi connectivity index (χ0) is 7.56. The molecule has 1 aliphatic rings. The van der Waals surface area contributed by atoms with E-state index in [1.165, 1.54) is 0 Å². The first-order chi connectivity index (χ1) is 4.74. The number of thioether (sulfide) groups is 1. The minimum absolute atomic E-state index is 0.802. The number of thiol groups is 1. The van der Waals surface area contributed by atoms with Crippen molar-refractivity contribution in [3.8, 4) is 0 Å². The van der Waals surface area contributed by atoms with Gasteiger partial charge in [0.1, 0.15) is 0 Å². The van der Waals surface area contributed by atoms with Gasteiger partial charge in [0.2, 0.25) is 0 Å². The van der Waals surface area contributed by atoms with E-state index in [0.29, 0.717) is 0 Å². The van der Waals surface area contributed by atoms with Crippen molar-refractivity contribution in [1.82, 2.24) is 0 Å². The van der Waals surface area contributed by atoms with Crippen LogP contribution >= 0.6 is 22.5 Å². The lowest BCUT2D eigenvalue weighted by atomic mass is 10.4. The number of allylic oxidation sites excluding steroid dienone is 1. The van der Waals surface area contributed by atoms with E-state index in [-0.39, 0.29) is 0 Å². The Hall–Kier alpha value is 0.165. The molecule has 56 valence electrons. The summed E-state index contributed by atoms with van der Waals surface area (Å²) >= 11 is 1.62. The predicted octanol–water partition coefficient (Wildman–Crippen LogP) is 0.689. The van der Waals surface area contributed by atoms with Gasteiger partial charge in [0.05, 0.1) is 0 Å². The zero-order valence-electron chi connectivity index (χ0n) is 5.56. The molecule has 0 bridgehead atoms. The first-order valence-corrected chi connectivity index (χ1v) is 5.59. The van der Waals surface area contributed by atoms with Gasteiger partial charge < -0.3 is 10.0 Å². The summed E-state index contributed by atoms with van der Waals surface area (Å²) in [4.78, 5) is 1.12. The Labute approximate surface area is 67.4 Å². The smallest absolute Gasteiger partial charge is 0.418 e. The van der Waals surface area contributed by atoms with Crippen LogP contribution < -0.4 is 0 Å². The number of hydrogen-bond acceptors (Lipinski definition) is 3. The predicted molar refractivity (Wildman–Crippen MR) is 49.9 cm³/mol. The first-order valence-electron chi connectivity index (χ1n) is 2.81. The van der Waals surface area contributed by atoms with Gasteiger partial charge in [-0.1, -0.05) is 0 Å². The molecule has 0 aromatic carbocycles. The second kappa shape index (κ2) is 3.53. The second-order valence-electron chi connectivity index (χ2n) is 1.84. The normalized spacial score (nSPS) is 26.7. The van der Waals surface area contributed by atoms with Crippen molar-refractivity contribution < 1.29 is 10.0 Å². The van der Waals surface area contributed by atoms with Gasteiger partial charge in [-0.15, -0.1) is 11.8 Å². The van der Waals surface area contributed by atoms with E-state index in [1.54, 1.807) is 11.8 Å². The molecule has 1 heterocycles. The Bertz CT molecular complexity index is 178. The van der Waals surface area contributed by atoms with Gasteiger partial charge in [0, 0.05) is 4.91 Å². The summed E-state index contributed by atoms with van der Waals surface area (Å²) in [5, 5.41) is 21.2. The molecular weight excluding hydrogens is 167 g/mol. The van der Waals surface area contributed by atoms with Crippen LogP contribution in [0.1, 0.15) is 0 Å². The minimum Gasteiger partial charge on any atom is -0.418 e. The minimum atomic E-state index is -1.18. The molecule has 0 aromatic rings. The van der Waals surface area contributed by atoms with Crippen LogP contribution in [-0.4, -0.2) is 22.7 Å². The van der Waals surface area contributed by atoms with Gasteiger partial charge in [-0.2, -0.15) is 10.7 Å². The van der Waals surface area contributed by atoms with E-state index in [1.807, 2.05) is 23.1 Å². The van der Waals surface area contributed by atoms with Crippen molar-refractivity contribution in [2.75, 3.05) is 6.26 Å². The van der Waals surface area contributed by atoms with E-state index in [0.717, 1.165) is 4.91 Å². The average Bonchev–Trinajstić information content (AvgIpc) is 2.34. The van der Waals surface area contributed by atoms with Gasteiger partial charge in [-0.05, 0) is 23.1 Å². The van der Waals surface area contributed by atoms with E-state index >= 15 is 0 Å². The molecule has 1 unspecified atom stereocenters. The average molecular weight is 176 g/mol. The highest BCUT2D eigenvalue weighted by Gasteiger charge is 2.17. The maximum atomic E-state index is 8.74. The van der Waals surface area contributed by atoms with Crippen molar-refractivity contribution in [3.05, 3.63) is 21.8 Å². The lowest BCUT2D eigenvalue weighted by Gasteiger charge is -2.05. The van der Waals surface area contributed by atoms with Gasteiger partial charge in [0.25, 0.3) is 0 Å². The van der Waals surface area contributed by atoms with Crippen LogP contribution in [0.5, 0.6) is 0 Å². The van der Waals surface area contributed by atoms with Crippen LogP contribution in [0, 0.1) is 0 Å². The van der Waals surface area contributed by atoms with E-state index in [9.17, 15) is 0 Å². The Morgan fingerprint density at radius 3 is 2.60 bits per heavy atom. The van der Waals surface area contributed by atoms with Crippen LogP contribution in [-0.2, 0) is 0 Å². The summed E-state index contributed by atoms with van der Waals surface area (Å²) in [5.74, 6) is 0. The molecule has 0 spiro atoms. The first kappa shape index (κ1) is 8.26. The fraction of sp³-hybridized carbons (Fsp3) is 0.200. The van der Waals surface area contributed by atoms with Gasteiger partial charge in [0.15, 0.2) is 0 Å². The third-order valence-electron chi connectivity index (χ3n) is 1.19. The summed E-state index contributed by atoms with van der Waals surface area (Å²) in [7, 11) is -0.802. The topological polar surface area (TPSA) is 40.5 Å². The summed E-state index contributed by atoms with van der Waals surface area (Å²) < 4.78 is 0. The molecule has 10 heavy (non-hydrogen) atoms. The molecule has 1 rings (SSSR count). The summed E-state index contributed by atoms with van der Waals surface area (Å²) in [6.07, 6.45) is 2.71. The van der Waals surface area contributed by atoms with Crippen LogP contribution in [0.25, 0.3) is 0 Å². The Morgan fingerprint density at radius 2 is 2.30 bits per heavy atom. The third-order valence-corrected chi connectivity index (χ3v) is 3.69. The van der Waals surface area contributed by atoms with Gasteiger partial charge in [-0.25, -0.2) is 0 Å². The molecule has 1 aliphatic heterocycles. The highest BCUT2D eigenvalue weighted by molar-refractivity contribution is 8.43. The molecule has 0 aromatic heterocycles. The van der Waals surface area contributed by atoms with Crippen LogP contribution in [0.3, 0.4) is 0 Å². The SMILES string of the molecule is CSC1=C[SH](B(O)O)C=C1. The summed E-state index contributed by atoms with van der Waals surface area (Å²) in [5.41, 5.74) is 0. The van der Waals surface area contributed by atoms with Crippen molar-refractivity contribution >= 4 is 28.9 Å². The standard InChI is InChI=1S/C5H9BO2S2/c1-9-5-2-3-10(4-5)6(7)8/h2-4,7-8,10H,1H3. The summed E-state index contributed by atoms with van der Waals surface area (Å²) in [6, 6.07) is 0. The number of rotatable bonds is 2. The van der Waals surface area contributed by atoms with Crippen molar-refractivity contribution in [1.29, 1.82) is 0 Å². The van der Waals surface area contributed by atoms with Crippen LogP contribution in [0.15, 0.2) is 21.8 Å². The lowest BCUT2D eigenvalue weighted by Crippen LogP contribution is -2.07. The molecule has 1 atom stereocenters. The molecule has 0 saturated heterocycles. The zero-order valence-corrected chi connectivity index (χ0v) is 7.27. The molecule has 0 aliphatic carbocycles. The molecule has 2 N–H and O–H groups in total. The van der Waals surface area contributed by atoms with Crippen molar-refractivity contribution in [2.24, 2.45) is 0 Å². The van der Waals surface area contributed by atoms with E-state index in [4.69, 9.17) is 10.0 Å². The molecule has 0 amide bonds. The van der Waals surface area contributed by atoms with Crippen LogP contribution in [0.2, 0.25) is 0 Å². The lowest BCUT2D eigenvalue weighted by molar-refractivity contribution is 0.437. The molecule has 0 saturated carbocycles. The van der Waals surface area contributed by atoms with Gasteiger partial charge >= 0.3 is 6.40 Å². The Balaban J connectivity index is 2.57. The fourth-order valence-corrected chi connectivity index (χ4v) is 2.83. The van der Waals surface area contributed by atoms with E-state index < -0.39 is 17.1 Å². The highest BCUT2D eigenvalue weighted by atomic mass is 32.2. The third kappa shape index (κ3) is 1.82. The maximum Gasteiger partial charge on any atom is 0.514 e. The second-order valence-corrected chi connectivity index (χ2v) is 4.64. The quantitative estimate of drug-likeness (QED) is 0.428. The van der Waals surface area contributed by atoms with E-state index in [2.05, 4.69) is 0 Å². The van der Waals surface area contributed by atoms with Crippen LogP contribution in [0.4, 0.5) is 0 Å². The molecule has 2 nitrogen and oxygen atoms in total. The summed E-state index contributed by atoms with van der Waals surface area (Å²) in [6.45, 7) is 0. The Kier molecular flexibility index (Phi) is 2.91. The fourth-order valence-electron chi connectivity index (χ4n) is 0.657. The monoisotopic (exact) mass is 176 g/mol. The highest BCUT2D eigenvalue weighted by Crippen LogP contribution is 2.39. The molecule has 5 heteroatoms. The molecular formula is C5H9BO2S2. The number of hydrogen-bond donors (Lipinski definition) is 3. The maximum absolute atomic E-state index is 8.74. The molecule has 0 fully saturated rings. The Morgan fingerprint density at radius 1 is 1.60 bits per heavy atom. The van der Waals surface area contributed by atoms with Crippen molar-refractivity contribution in [3.63, 3.8) is 0 Å². The van der Waals surface area contributed by atoms with Crippen molar-refractivity contribution in [2.45, 2.75) is 0 Å². The largest absolute Gasteiger partial charge is 0.514 e.